The fourth-order valence-corrected chi connectivity index (χ4v) is 3.93. The lowest BCUT2D eigenvalue weighted by molar-refractivity contribution is -0.129. The van der Waals surface area contributed by atoms with Crippen LogP contribution in [0.15, 0.2) is 36.4 Å². The van der Waals surface area contributed by atoms with Crippen molar-refractivity contribution in [1.29, 1.82) is 0 Å². The minimum Gasteiger partial charge on any atom is -0.353 e. The zero-order valence-electron chi connectivity index (χ0n) is 16.9. The molecule has 1 aromatic heterocycles. The van der Waals surface area contributed by atoms with Crippen LogP contribution in [-0.4, -0.2) is 70.9 Å². The molecule has 2 aliphatic rings. The van der Waals surface area contributed by atoms with Crippen molar-refractivity contribution in [3.63, 3.8) is 0 Å². The Hall–Kier alpha value is -2.96. The molecule has 3 heterocycles. The lowest BCUT2D eigenvalue weighted by atomic mass is 10.1. The number of rotatable bonds is 3. The van der Waals surface area contributed by atoms with Gasteiger partial charge in [-0.2, -0.15) is 0 Å². The van der Waals surface area contributed by atoms with Crippen molar-refractivity contribution in [1.82, 2.24) is 19.8 Å². The largest absolute Gasteiger partial charge is 0.353 e. The number of likely N-dealkylation sites (tertiary alicyclic amines) is 1. The van der Waals surface area contributed by atoms with E-state index in [-0.39, 0.29) is 11.8 Å². The number of piperazine rings is 1. The van der Waals surface area contributed by atoms with Gasteiger partial charge in [-0.3, -0.25) is 9.59 Å². The van der Waals surface area contributed by atoms with Crippen molar-refractivity contribution in [3.05, 3.63) is 42.1 Å². The average Bonchev–Trinajstić information content (AvgIpc) is 2.79. The highest BCUT2D eigenvalue weighted by Gasteiger charge is 2.24. The van der Waals surface area contributed by atoms with Gasteiger partial charge in [-0.15, -0.1) is 0 Å². The fourth-order valence-electron chi connectivity index (χ4n) is 3.93. The molecule has 0 radical (unpaired) electrons. The molecule has 0 spiro atoms. The first kappa shape index (κ1) is 19.4. The van der Waals surface area contributed by atoms with Crippen molar-refractivity contribution in [2.75, 3.05) is 44.2 Å². The van der Waals surface area contributed by atoms with Crippen LogP contribution in [0.25, 0.3) is 11.4 Å². The molecule has 2 aliphatic heterocycles. The molecule has 7 heteroatoms. The number of carbonyl (C=O) groups is 2. The van der Waals surface area contributed by atoms with E-state index in [0.717, 1.165) is 37.3 Å². The highest BCUT2D eigenvalue weighted by atomic mass is 16.2. The van der Waals surface area contributed by atoms with Crippen molar-refractivity contribution in [3.8, 4) is 11.4 Å². The molecule has 0 aliphatic carbocycles. The molecule has 4 rings (SSSR count). The maximum Gasteiger partial charge on any atom is 0.272 e. The van der Waals surface area contributed by atoms with Crippen molar-refractivity contribution < 1.29 is 9.59 Å². The summed E-state index contributed by atoms with van der Waals surface area (Å²) in [6.45, 7) is 5.89. The number of nitrogens with zero attached hydrogens (tertiary/aromatic N) is 5. The summed E-state index contributed by atoms with van der Waals surface area (Å²) in [5, 5.41) is 0. The summed E-state index contributed by atoms with van der Waals surface area (Å²) in [6.07, 6.45) is 3.26. The van der Waals surface area contributed by atoms with Crippen LogP contribution in [0, 0.1) is 0 Å². The predicted molar refractivity (Wildman–Crippen MR) is 112 cm³/mol. The molecule has 2 saturated heterocycles. The van der Waals surface area contributed by atoms with Gasteiger partial charge in [0.1, 0.15) is 11.5 Å². The van der Waals surface area contributed by atoms with Gasteiger partial charge in [0.05, 0.1) is 0 Å². The minimum atomic E-state index is -0.0205. The topological polar surface area (TPSA) is 69.6 Å². The van der Waals surface area contributed by atoms with Crippen LogP contribution in [-0.2, 0) is 4.79 Å². The summed E-state index contributed by atoms with van der Waals surface area (Å²) >= 11 is 0. The van der Waals surface area contributed by atoms with E-state index in [2.05, 4.69) is 9.88 Å². The molecular weight excluding hydrogens is 366 g/mol. The van der Waals surface area contributed by atoms with Crippen LogP contribution in [0.4, 0.5) is 5.82 Å². The third kappa shape index (κ3) is 4.39. The summed E-state index contributed by atoms with van der Waals surface area (Å²) in [7, 11) is 0. The summed E-state index contributed by atoms with van der Waals surface area (Å²) in [5.41, 5.74) is 1.34. The number of benzene rings is 1. The zero-order valence-corrected chi connectivity index (χ0v) is 16.9. The first-order valence-corrected chi connectivity index (χ1v) is 10.4. The first-order chi connectivity index (χ1) is 14.1. The zero-order chi connectivity index (χ0) is 20.2. The Morgan fingerprint density at radius 1 is 0.828 bits per heavy atom. The molecule has 29 heavy (non-hydrogen) atoms. The lowest BCUT2D eigenvalue weighted by Gasteiger charge is -2.35. The number of hydrogen-bond donors (Lipinski definition) is 0. The molecule has 0 bridgehead atoms. The molecule has 7 nitrogen and oxygen atoms in total. The van der Waals surface area contributed by atoms with E-state index in [0.29, 0.717) is 37.7 Å². The molecule has 2 amide bonds. The van der Waals surface area contributed by atoms with E-state index in [1.165, 1.54) is 6.42 Å². The summed E-state index contributed by atoms with van der Waals surface area (Å²) in [5.74, 6) is 1.39. The second-order valence-corrected chi connectivity index (χ2v) is 7.65. The van der Waals surface area contributed by atoms with E-state index >= 15 is 0 Å². The average molecular weight is 393 g/mol. The maximum absolute atomic E-state index is 13.1. The molecule has 0 saturated carbocycles. The number of piperidine rings is 1. The maximum atomic E-state index is 13.1. The van der Waals surface area contributed by atoms with Gasteiger partial charge < -0.3 is 14.7 Å². The fraction of sp³-hybridized carbons (Fsp3) is 0.455. The van der Waals surface area contributed by atoms with E-state index < -0.39 is 0 Å². The predicted octanol–water partition coefficient (Wildman–Crippen LogP) is 2.44. The number of carbonyl (C=O) groups excluding carboxylic acids is 2. The van der Waals surface area contributed by atoms with E-state index in [4.69, 9.17) is 4.98 Å². The van der Waals surface area contributed by atoms with Crippen LogP contribution in [0.3, 0.4) is 0 Å². The number of hydrogen-bond acceptors (Lipinski definition) is 5. The second-order valence-electron chi connectivity index (χ2n) is 7.65. The Kier molecular flexibility index (Phi) is 5.74. The molecule has 0 unspecified atom stereocenters. The molecular formula is C22H27N5O2. The van der Waals surface area contributed by atoms with Gasteiger partial charge in [0, 0.05) is 57.8 Å². The van der Waals surface area contributed by atoms with Crippen molar-refractivity contribution in [2.24, 2.45) is 0 Å². The van der Waals surface area contributed by atoms with Gasteiger partial charge in [0.2, 0.25) is 5.91 Å². The summed E-state index contributed by atoms with van der Waals surface area (Å²) in [6, 6.07) is 11.6. The smallest absolute Gasteiger partial charge is 0.272 e. The molecule has 1 aromatic carbocycles. The highest BCUT2D eigenvalue weighted by Crippen LogP contribution is 2.23. The molecule has 0 atom stereocenters. The third-order valence-corrected chi connectivity index (χ3v) is 5.66. The number of anilines is 1. The van der Waals surface area contributed by atoms with Crippen molar-refractivity contribution in [2.45, 2.75) is 26.2 Å². The van der Waals surface area contributed by atoms with Gasteiger partial charge in [0.15, 0.2) is 5.82 Å². The molecule has 0 N–H and O–H groups in total. The molecule has 152 valence electrons. The third-order valence-electron chi connectivity index (χ3n) is 5.66. The minimum absolute atomic E-state index is 0.0205. The van der Waals surface area contributed by atoms with Crippen LogP contribution in [0.1, 0.15) is 36.7 Å². The SMILES string of the molecule is CC(=O)N1CCN(c2cc(C(=O)N3CCCCC3)nc(-c3ccccc3)n2)CC1. The first-order valence-electron chi connectivity index (χ1n) is 10.4. The molecule has 2 aromatic rings. The quantitative estimate of drug-likeness (QED) is 0.801. The van der Waals surface area contributed by atoms with Gasteiger partial charge in [-0.1, -0.05) is 30.3 Å². The Morgan fingerprint density at radius 2 is 1.52 bits per heavy atom. The van der Waals surface area contributed by atoms with Gasteiger partial charge in [-0.25, -0.2) is 9.97 Å². The van der Waals surface area contributed by atoms with Gasteiger partial charge in [0.25, 0.3) is 5.91 Å². The number of amides is 2. The van der Waals surface area contributed by atoms with Crippen LogP contribution >= 0.6 is 0 Å². The Balaban J connectivity index is 1.65. The van der Waals surface area contributed by atoms with Gasteiger partial charge in [-0.05, 0) is 19.3 Å². The Labute approximate surface area is 171 Å². The monoisotopic (exact) mass is 393 g/mol. The highest BCUT2D eigenvalue weighted by molar-refractivity contribution is 5.93. The van der Waals surface area contributed by atoms with E-state index in [1.54, 1.807) is 6.92 Å². The Bertz CT molecular complexity index is 872. The van der Waals surface area contributed by atoms with Crippen LogP contribution in [0.2, 0.25) is 0 Å². The summed E-state index contributed by atoms with van der Waals surface area (Å²) in [4.78, 5) is 40.0. The van der Waals surface area contributed by atoms with Gasteiger partial charge >= 0.3 is 0 Å². The normalized spacial score (nSPS) is 17.3. The summed E-state index contributed by atoms with van der Waals surface area (Å²) < 4.78 is 0. The van der Waals surface area contributed by atoms with Crippen LogP contribution < -0.4 is 4.90 Å². The molecule has 2 fully saturated rings. The lowest BCUT2D eigenvalue weighted by Crippen LogP contribution is -2.48. The van der Waals surface area contributed by atoms with Crippen molar-refractivity contribution >= 4 is 17.6 Å². The van der Waals surface area contributed by atoms with Crippen LogP contribution in [0.5, 0.6) is 0 Å². The number of aromatic nitrogens is 2. The van der Waals surface area contributed by atoms with E-state index in [9.17, 15) is 9.59 Å². The van der Waals surface area contributed by atoms with E-state index in [1.807, 2.05) is 46.2 Å². The standard InChI is InChI=1S/C22H27N5O2/c1-17(28)25-12-14-26(15-13-25)20-16-19(22(29)27-10-6-3-7-11-27)23-21(24-20)18-8-4-2-5-9-18/h2,4-5,8-9,16H,3,6-7,10-15H2,1H3. The second kappa shape index (κ2) is 8.59. The Morgan fingerprint density at radius 3 is 2.17 bits per heavy atom.